The average Bonchev–Trinajstić information content (AvgIpc) is 2.57. The van der Waals surface area contributed by atoms with Crippen LogP contribution in [0.4, 0.5) is 0 Å². The minimum atomic E-state index is -1.61. The average molecular weight is 397 g/mol. The van der Waals surface area contributed by atoms with Gasteiger partial charge in [-0.1, -0.05) is 72.1 Å². The molecule has 2 rings (SSSR count). The monoisotopic (exact) mass is 394 g/mol. The van der Waals surface area contributed by atoms with E-state index in [0.29, 0.717) is 0 Å². The Morgan fingerprint density at radius 2 is 1.65 bits per heavy atom. The second kappa shape index (κ2) is 5.27. The lowest BCUT2D eigenvalue weighted by molar-refractivity contribution is 0.150. The number of hydrogen-bond donors (Lipinski definition) is 1. The summed E-state index contributed by atoms with van der Waals surface area (Å²) in [4.78, 5) is -2.75. The molecule has 4 atom stereocenters. The van der Waals surface area contributed by atoms with E-state index < -0.39 is 26.1 Å². The molecule has 1 saturated carbocycles. The molecule has 112 valence electrons. The van der Waals surface area contributed by atoms with Crippen LogP contribution in [0.3, 0.4) is 0 Å². The van der Waals surface area contributed by atoms with Gasteiger partial charge in [-0.25, -0.2) is 0 Å². The van der Waals surface area contributed by atoms with Gasteiger partial charge in [0.25, 0.3) is 0 Å². The fraction of sp³-hybridized carbons (Fsp3) is 0.692. The molecule has 1 nitrogen and oxygen atoms in total. The summed E-state index contributed by atoms with van der Waals surface area (Å²) in [5, 5.41) is 10.5. The molecule has 7 heteroatoms. The molecule has 0 aromatic heterocycles. The van der Waals surface area contributed by atoms with Crippen LogP contribution >= 0.6 is 69.6 Å². The van der Waals surface area contributed by atoms with Gasteiger partial charge in [-0.05, 0) is 6.42 Å². The third-order valence-corrected chi connectivity index (χ3v) is 8.02. The van der Waals surface area contributed by atoms with Gasteiger partial charge >= 0.3 is 0 Å². The Labute approximate surface area is 148 Å². The lowest BCUT2D eigenvalue weighted by Crippen LogP contribution is -2.46. The first-order chi connectivity index (χ1) is 9.00. The second-order valence-electron chi connectivity index (χ2n) is 5.41. The van der Waals surface area contributed by atoms with E-state index >= 15 is 0 Å². The first-order valence-electron chi connectivity index (χ1n) is 6.01. The predicted molar refractivity (Wildman–Crippen MR) is 87.1 cm³/mol. The van der Waals surface area contributed by atoms with Crippen molar-refractivity contribution in [2.24, 2.45) is 11.8 Å². The normalized spacial score (nSPS) is 40.0. The maximum Gasteiger partial charge on any atom is 0.166 e. The maximum atomic E-state index is 10.3. The van der Waals surface area contributed by atoms with E-state index in [-0.39, 0.29) is 22.4 Å². The van der Waals surface area contributed by atoms with Crippen molar-refractivity contribution in [3.8, 4) is 11.8 Å². The zero-order valence-corrected chi connectivity index (χ0v) is 15.2. The summed E-state index contributed by atoms with van der Waals surface area (Å²) in [7, 11) is 0. The van der Waals surface area contributed by atoms with E-state index in [0.717, 1.165) is 0 Å². The van der Waals surface area contributed by atoms with Crippen LogP contribution in [0.25, 0.3) is 0 Å². The number of aliphatic hydroxyl groups excluding tert-OH is 1. The Morgan fingerprint density at radius 3 is 2.05 bits per heavy atom. The molecule has 2 bridgehead atoms. The molecule has 2 aliphatic carbocycles. The number of alkyl halides is 4. The van der Waals surface area contributed by atoms with Crippen molar-refractivity contribution in [2.75, 3.05) is 0 Å². The van der Waals surface area contributed by atoms with E-state index in [1.165, 1.54) is 0 Å². The van der Waals surface area contributed by atoms with Gasteiger partial charge in [-0.3, -0.25) is 0 Å². The van der Waals surface area contributed by atoms with Crippen molar-refractivity contribution in [2.45, 2.75) is 40.5 Å². The largest absolute Gasteiger partial charge is 0.380 e. The molecule has 0 aliphatic heterocycles. The molecule has 2 aliphatic rings. The molecule has 0 aromatic rings. The van der Waals surface area contributed by atoms with E-state index in [2.05, 4.69) is 11.8 Å². The van der Waals surface area contributed by atoms with Crippen LogP contribution in [0.1, 0.15) is 20.3 Å². The Hall–Kier alpha value is 1.00. The lowest BCUT2D eigenvalue weighted by atomic mass is 9.87. The standard InChI is InChI=1S/C13H12Cl6O/c1-6(2)3-4-8(20)7-5-11(16)9(14)10(15)12(7,17)13(11,18)19/h6-8,20H,5H2,1-2H3. The molecule has 0 radical (unpaired) electrons. The predicted octanol–water partition coefficient (Wildman–Crippen LogP) is 4.86. The van der Waals surface area contributed by atoms with Gasteiger partial charge in [0, 0.05) is 11.8 Å². The summed E-state index contributed by atoms with van der Waals surface area (Å²) in [5.74, 6) is 5.15. The molecule has 1 fully saturated rings. The molecule has 4 unspecified atom stereocenters. The number of halogens is 6. The van der Waals surface area contributed by atoms with Gasteiger partial charge in [0.1, 0.15) is 15.9 Å². The van der Waals surface area contributed by atoms with Gasteiger partial charge in [-0.15, -0.1) is 23.2 Å². The molecule has 1 N–H and O–H groups in total. The Kier molecular flexibility index (Phi) is 4.58. The fourth-order valence-corrected chi connectivity index (χ4v) is 5.46. The van der Waals surface area contributed by atoms with E-state index in [1.807, 2.05) is 13.8 Å². The number of allylic oxidation sites excluding steroid dienone is 2. The van der Waals surface area contributed by atoms with E-state index in [4.69, 9.17) is 69.6 Å². The quantitative estimate of drug-likeness (QED) is 0.495. The van der Waals surface area contributed by atoms with Crippen LogP contribution < -0.4 is 0 Å². The smallest absolute Gasteiger partial charge is 0.166 e. The molecule has 0 aromatic carbocycles. The van der Waals surface area contributed by atoms with Crippen molar-refractivity contribution >= 4 is 69.6 Å². The molecule has 0 amide bonds. The van der Waals surface area contributed by atoms with Gasteiger partial charge in [-0.2, -0.15) is 0 Å². The van der Waals surface area contributed by atoms with E-state index in [1.54, 1.807) is 0 Å². The van der Waals surface area contributed by atoms with Crippen molar-refractivity contribution in [1.29, 1.82) is 0 Å². The van der Waals surface area contributed by atoms with Crippen LogP contribution in [0.15, 0.2) is 10.1 Å². The Morgan fingerprint density at radius 1 is 1.10 bits per heavy atom. The number of rotatable bonds is 1. The minimum absolute atomic E-state index is 0.0856. The van der Waals surface area contributed by atoms with Crippen molar-refractivity contribution in [3.05, 3.63) is 10.1 Å². The molecule has 0 spiro atoms. The number of hydrogen-bond acceptors (Lipinski definition) is 1. The van der Waals surface area contributed by atoms with Gasteiger partial charge in [0.2, 0.25) is 0 Å². The maximum absolute atomic E-state index is 10.3. The van der Waals surface area contributed by atoms with E-state index in [9.17, 15) is 5.11 Å². The van der Waals surface area contributed by atoms with Crippen LogP contribution in [0.5, 0.6) is 0 Å². The SMILES string of the molecule is CC(C)C#CC(O)C1CC2(Cl)C(Cl)=C(Cl)C1(Cl)C2(Cl)Cl. The number of fused-ring (bicyclic) bond motifs is 2. The highest BCUT2D eigenvalue weighted by Crippen LogP contribution is 2.74. The summed E-state index contributed by atoms with van der Waals surface area (Å²) < 4.78 is -1.61. The van der Waals surface area contributed by atoms with Gasteiger partial charge in [0.05, 0.1) is 10.1 Å². The summed E-state index contributed by atoms with van der Waals surface area (Å²) in [5.41, 5.74) is 0. The summed E-state index contributed by atoms with van der Waals surface area (Å²) in [6.45, 7) is 3.83. The third kappa shape index (κ3) is 2.04. The van der Waals surface area contributed by atoms with Crippen LogP contribution in [0.2, 0.25) is 0 Å². The minimum Gasteiger partial charge on any atom is -0.380 e. The summed E-state index contributed by atoms with van der Waals surface area (Å²) in [6, 6.07) is 0. The molecular formula is C13H12Cl6O. The van der Waals surface area contributed by atoms with Gasteiger partial charge in [0.15, 0.2) is 4.33 Å². The van der Waals surface area contributed by atoms with Crippen LogP contribution in [-0.2, 0) is 0 Å². The number of aliphatic hydroxyl groups is 1. The first-order valence-corrected chi connectivity index (χ1v) is 8.28. The molecular weight excluding hydrogens is 385 g/mol. The van der Waals surface area contributed by atoms with Crippen molar-refractivity contribution < 1.29 is 5.11 Å². The topological polar surface area (TPSA) is 20.2 Å². The van der Waals surface area contributed by atoms with Crippen LogP contribution in [-0.4, -0.2) is 25.3 Å². The first kappa shape index (κ1) is 17.4. The fourth-order valence-electron chi connectivity index (χ4n) is 2.64. The molecule has 0 heterocycles. The summed E-state index contributed by atoms with van der Waals surface area (Å²) in [6.07, 6.45) is -0.834. The molecule has 20 heavy (non-hydrogen) atoms. The molecule has 0 saturated heterocycles. The zero-order chi connectivity index (χ0) is 15.5. The summed E-state index contributed by atoms with van der Waals surface area (Å²) >= 11 is 38.0. The Bertz CT molecular complexity index is 531. The highest BCUT2D eigenvalue weighted by Gasteiger charge is 2.79. The third-order valence-electron chi connectivity index (χ3n) is 3.73. The highest BCUT2D eigenvalue weighted by atomic mass is 35.5. The van der Waals surface area contributed by atoms with Crippen LogP contribution in [0, 0.1) is 23.7 Å². The van der Waals surface area contributed by atoms with Crippen molar-refractivity contribution in [1.82, 2.24) is 0 Å². The zero-order valence-electron chi connectivity index (χ0n) is 10.7. The van der Waals surface area contributed by atoms with Gasteiger partial charge < -0.3 is 5.11 Å². The second-order valence-corrected chi connectivity index (χ2v) is 8.74. The lowest BCUT2D eigenvalue weighted by Gasteiger charge is -2.34. The Balaban J connectivity index is 2.46. The van der Waals surface area contributed by atoms with Crippen molar-refractivity contribution in [3.63, 3.8) is 0 Å². The highest BCUT2D eigenvalue weighted by molar-refractivity contribution is 6.65.